The number of carboxylic acids is 1. The standard InChI is InChI=1S/C18H19N5O3/c1-13-5-6-14(22-17(13)18(24)25)4-2-3-9-26-15-7-8-16(20-10-15)23-12-19-11-21-23/h5-8,10-12H,2-4,9H2,1H3,(H,24,25). The van der Waals surface area contributed by atoms with Crippen LogP contribution in [-0.4, -0.2) is 42.4 Å². The SMILES string of the molecule is Cc1ccc(CCCCOc2ccc(-n3cncn3)nc2)nc1C(=O)O. The zero-order chi connectivity index (χ0) is 18.4. The van der Waals surface area contributed by atoms with Crippen LogP contribution in [-0.2, 0) is 6.42 Å². The van der Waals surface area contributed by atoms with Crippen LogP contribution in [0.15, 0.2) is 43.1 Å². The fourth-order valence-corrected chi connectivity index (χ4v) is 2.44. The number of unbranched alkanes of at least 4 members (excludes halogenated alkanes) is 1. The predicted molar refractivity (Wildman–Crippen MR) is 93.5 cm³/mol. The van der Waals surface area contributed by atoms with E-state index in [0.29, 0.717) is 30.2 Å². The zero-order valence-electron chi connectivity index (χ0n) is 14.4. The van der Waals surface area contributed by atoms with Gasteiger partial charge in [-0.2, -0.15) is 5.10 Å². The van der Waals surface area contributed by atoms with E-state index in [1.54, 1.807) is 30.2 Å². The van der Waals surface area contributed by atoms with E-state index in [1.165, 1.54) is 6.33 Å². The highest BCUT2D eigenvalue weighted by atomic mass is 16.5. The van der Waals surface area contributed by atoms with Crippen molar-refractivity contribution in [1.82, 2.24) is 24.7 Å². The quantitative estimate of drug-likeness (QED) is 0.620. The van der Waals surface area contributed by atoms with Crippen molar-refractivity contribution >= 4 is 5.97 Å². The maximum absolute atomic E-state index is 11.1. The summed E-state index contributed by atoms with van der Waals surface area (Å²) in [6.07, 6.45) is 7.10. The average molecular weight is 353 g/mol. The van der Waals surface area contributed by atoms with Crippen molar-refractivity contribution in [2.75, 3.05) is 6.61 Å². The lowest BCUT2D eigenvalue weighted by Gasteiger charge is -2.07. The second-order valence-corrected chi connectivity index (χ2v) is 5.77. The van der Waals surface area contributed by atoms with Gasteiger partial charge < -0.3 is 9.84 Å². The minimum Gasteiger partial charge on any atom is -0.492 e. The monoisotopic (exact) mass is 353 g/mol. The topological polar surface area (TPSA) is 103 Å². The summed E-state index contributed by atoms with van der Waals surface area (Å²) in [6, 6.07) is 7.32. The number of carbonyl (C=O) groups is 1. The first-order valence-electron chi connectivity index (χ1n) is 8.27. The molecule has 3 heterocycles. The first-order valence-corrected chi connectivity index (χ1v) is 8.27. The highest BCUT2D eigenvalue weighted by Gasteiger charge is 2.09. The molecule has 0 atom stereocenters. The van der Waals surface area contributed by atoms with E-state index >= 15 is 0 Å². The van der Waals surface area contributed by atoms with Crippen LogP contribution in [0.4, 0.5) is 0 Å². The van der Waals surface area contributed by atoms with Gasteiger partial charge in [0.15, 0.2) is 11.5 Å². The Bertz CT molecular complexity index is 863. The van der Waals surface area contributed by atoms with E-state index in [9.17, 15) is 4.79 Å². The Hall–Kier alpha value is -3.29. The van der Waals surface area contributed by atoms with Gasteiger partial charge in [-0.1, -0.05) is 6.07 Å². The largest absolute Gasteiger partial charge is 0.492 e. The van der Waals surface area contributed by atoms with Crippen LogP contribution in [0.2, 0.25) is 0 Å². The van der Waals surface area contributed by atoms with E-state index in [0.717, 1.165) is 18.5 Å². The first kappa shape index (κ1) is 17.5. The molecule has 0 fully saturated rings. The molecule has 3 aromatic rings. The van der Waals surface area contributed by atoms with Crippen LogP contribution in [0.5, 0.6) is 5.75 Å². The number of hydrogen-bond donors (Lipinski definition) is 1. The van der Waals surface area contributed by atoms with Gasteiger partial charge in [0.25, 0.3) is 0 Å². The summed E-state index contributed by atoms with van der Waals surface area (Å²) < 4.78 is 7.25. The average Bonchev–Trinajstić information content (AvgIpc) is 3.18. The Labute approximate surface area is 150 Å². The van der Waals surface area contributed by atoms with Crippen molar-refractivity contribution in [3.63, 3.8) is 0 Å². The molecule has 0 aliphatic carbocycles. The fraction of sp³-hybridized carbons (Fsp3) is 0.278. The summed E-state index contributed by atoms with van der Waals surface area (Å²) in [5, 5.41) is 13.1. The number of hydrogen-bond acceptors (Lipinski definition) is 6. The Morgan fingerprint density at radius 1 is 1.23 bits per heavy atom. The van der Waals surface area contributed by atoms with Crippen molar-refractivity contribution in [2.24, 2.45) is 0 Å². The molecular formula is C18H19N5O3. The van der Waals surface area contributed by atoms with Gasteiger partial charge in [-0.25, -0.2) is 24.4 Å². The number of rotatable bonds is 8. The third-order valence-corrected chi connectivity index (χ3v) is 3.83. The van der Waals surface area contributed by atoms with E-state index in [2.05, 4.69) is 20.1 Å². The lowest BCUT2D eigenvalue weighted by Crippen LogP contribution is -2.06. The Morgan fingerprint density at radius 3 is 2.81 bits per heavy atom. The van der Waals surface area contributed by atoms with Crippen LogP contribution < -0.4 is 4.74 Å². The lowest BCUT2D eigenvalue weighted by atomic mass is 10.1. The fourth-order valence-electron chi connectivity index (χ4n) is 2.44. The van der Waals surface area contributed by atoms with Crippen LogP contribution in [0.3, 0.4) is 0 Å². The molecule has 0 aromatic carbocycles. The Balaban J connectivity index is 1.43. The summed E-state index contributed by atoms with van der Waals surface area (Å²) in [4.78, 5) is 23.5. The Kier molecular flexibility index (Phi) is 5.52. The van der Waals surface area contributed by atoms with Crippen LogP contribution in [0.25, 0.3) is 5.82 Å². The predicted octanol–water partition coefficient (Wildman–Crippen LogP) is 2.47. The molecule has 8 nitrogen and oxygen atoms in total. The smallest absolute Gasteiger partial charge is 0.354 e. The summed E-state index contributed by atoms with van der Waals surface area (Å²) in [5.74, 6) is 0.375. The number of pyridine rings is 2. The van der Waals surface area contributed by atoms with E-state index in [1.807, 2.05) is 18.2 Å². The first-order chi connectivity index (χ1) is 12.6. The van der Waals surface area contributed by atoms with Crippen molar-refractivity contribution in [1.29, 1.82) is 0 Å². The summed E-state index contributed by atoms with van der Waals surface area (Å²) >= 11 is 0. The van der Waals surface area contributed by atoms with Gasteiger partial charge in [0, 0.05) is 5.69 Å². The zero-order valence-corrected chi connectivity index (χ0v) is 14.4. The number of aryl methyl sites for hydroxylation is 2. The van der Waals surface area contributed by atoms with Crippen LogP contribution in [0.1, 0.15) is 34.6 Å². The van der Waals surface area contributed by atoms with Gasteiger partial charge in [-0.3, -0.25) is 0 Å². The Morgan fingerprint density at radius 2 is 2.12 bits per heavy atom. The normalized spacial score (nSPS) is 10.7. The molecule has 3 aromatic heterocycles. The molecule has 26 heavy (non-hydrogen) atoms. The maximum Gasteiger partial charge on any atom is 0.354 e. The van der Waals surface area contributed by atoms with Gasteiger partial charge in [-0.15, -0.1) is 0 Å². The lowest BCUT2D eigenvalue weighted by molar-refractivity contribution is 0.0689. The minimum atomic E-state index is -0.991. The van der Waals surface area contributed by atoms with Crippen molar-refractivity contribution in [2.45, 2.75) is 26.2 Å². The van der Waals surface area contributed by atoms with Crippen LogP contribution >= 0.6 is 0 Å². The number of nitrogens with zero attached hydrogens (tertiary/aromatic N) is 5. The molecule has 0 spiro atoms. The summed E-state index contributed by atoms with van der Waals surface area (Å²) in [7, 11) is 0. The summed E-state index contributed by atoms with van der Waals surface area (Å²) in [5.41, 5.74) is 1.58. The van der Waals surface area contributed by atoms with Crippen molar-refractivity contribution < 1.29 is 14.6 Å². The summed E-state index contributed by atoms with van der Waals surface area (Å²) in [6.45, 7) is 2.30. The van der Waals surface area contributed by atoms with Crippen molar-refractivity contribution in [3.8, 4) is 11.6 Å². The van der Waals surface area contributed by atoms with E-state index < -0.39 is 5.97 Å². The molecule has 8 heteroatoms. The molecule has 134 valence electrons. The molecule has 0 aliphatic heterocycles. The number of aromatic carboxylic acids is 1. The minimum absolute atomic E-state index is 0.122. The molecule has 0 amide bonds. The number of carboxylic acid groups (broad SMARTS) is 1. The van der Waals surface area contributed by atoms with Crippen molar-refractivity contribution in [3.05, 3.63) is 60.1 Å². The molecule has 1 N–H and O–H groups in total. The third kappa shape index (κ3) is 4.41. The molecule has 0 saturated carbocycles. The van der Waals surface area contributed by atoms with Crippen LogP contribution in [0, 0.1) is 6.92 Å². The molecular weight excluding hydrogens is 334 g/mol. The van der Waals surface area contributed by atoms with Gasteiger partial charge in [0.1, 0.15) is 18.4 Å². The van der Waals surface area contributed by atoms with Gasteiger partial charge in [0.2, 0.25) is 0 Å². The number of aromatic nitrogens is 5. The molecule has 0 aliphatic rings. The molecule has 0 bridgehead atoms. The molecule has 3 rings (SSSR count). The second-order valence-electron chi connectivity index (χ2n) is 5.77. The second kappa shape index (κ2) is 8.19. The van der Waals surface area contributed by atoms with Gasteiger partial charge in [-0.05, 0) is 49.9 Å². The third-order valence-electron chi connectivity index (χ3n) is 3.83. The van der Waals surface area contributed by atoms with E-state index in [4.69, 9.17) is 9.84 Å². The molecule has 0 unspecified atom stereocenters. The van der Waals surface area contributed by atoms with E-state index in [-0.39, 0.29) is 5.69 Å². The molecule has 0 saturated heterocycles. The van der Waals surface area contributed by atoms with Gasteiger partial charge in [0.05, 0.1) is 12.8 Å². The maximum atomic E-state index is 11.1. The highest BCUT2D eigenvalue weighted by molar-refractivity contribution is 5.86. The highest BCUT2D eigenvalue weighted by Crippen LogP contribution is 2.13. The van der Waals surface area contributed by atoms with Gasteiger partial charge >= 0.3 is 5.97 Å². The number of ether oxygens (including phenoxy) is 1. The molecule has 0 radical (unpaired) electrons.